The molecule has 1 aromatic carbocycles. The van der Waals surface area contributed by atoms with Crippen molar-refractivity contribution in [3.63, 3.8) is 0 Å². The third-order valence-electron chi connectivity index (χ3n) is 5.14. The molecule has 0 heterocycles. The van der Waals surface area contributed by atoms with Crippen LogP contribution < -0.4 is 5.32 Å². The van der Waals surface area contributed by atoms with Gasteiger partial charge in [0.25, 0.3) is 0 Å². The molecular weight excluding hydrogens is 300 g/mol. The molecular formula is C20H32N2O2. The number of benzene rings is 1. The average molecular weight is 332 g/mol. The minimum Gasteiger partial charge on any atom is -0.395 e. The molecule has 0 unspecified atom stereocenters. The second kappa shape index (κ2) is 9.80. The maximum Gasteiger partial charge on any atom is 0.234 e. The highest BCUT2D eigenvalue weighted by Crippen LogP contribution is 2.38. The van der Waals surface area contributed by atoms with Gasteiger partial charge in [-0.25, -0.2) is 0 Å². The normalized spacial score (nSPS) is 17.0. The van der Waals surface area contributed by atoms with Gasteiger partial charge < -0.3 is 10.4 Å². The number of hydrogen-bond acceptors (Lipinski definition) is 3. The van der Waals surface area contributed by atoms with E-state index in [1.807, 2.05) is 4.90 Å². The molecule has 1 aromatic rings. The van der Waals surface area contributed by atoms with Crippen molar-refractivity contribution in [3.8, 4) is 0 Å². The van der Waals surface area contributed by atoms with E-state index in [4.69, 9.17) is 5.11 Å². The molecule has 4 heteroatoms. The van der Waals surface area contributed by atoms with E-state index in [-0.39, 0.29) is 17.9 Å². The van der Waals surface area contributed by atoms with Crippen molar-refractivity contribution < 1.29 is 9.90 Å². The Labute approximate surface area is 146 Å². The molecule has 24 heavy (non-hydrogen) atoms. The fraction of sp³-hybridized carbons (Fsp3) is 0.650. The van der Waals surface area contributed by atoms with Crippen molar-refractivity contribution in [2.24, 2.45) is 0 Å². The summed E-state index contributed by atoms with van der Waals surface area (Å²) in [6.45, 7) is 4.69. The van der Waals surface area contributed by atoms with Crippen LogP contribution in [0.3, 0.4) is 0 Å². The average Bonchev–Trinajstić information content (AvgIpc) is 2.62. The fourth-order valence-corrected chi connectivity index (χ4v) is 3.84. The zero-order valence-corrected chi connectivity index (χ0v) is 15.0. The number of aliphatic hydroxyl groups excluding tert-OH is 1. The molecule has 1 amide bonds. The second-order valence-corrected chi connectivity index (χ2v) is 6.98. The number of nitrogens with zero attached hydrogens (tertiary/aromatic N) is 1. The molecule has 1 aliphatic carbocycles. The van der Waals surface area contributed by atoms with Crippen LogP contribution in [0.25, 0.3) is 0 Å². The van der Waals surface area contributed by atoms with Crippen molar-refractivity contribution >= 4 is 5.91 Å². The Hall–Kier alpha value is -1.39. The largest absolute Gasteiger partial charge is 0.395 e. The molecule has 1 aliphatic rings. The van der Waals surface area contributed by atoms with Crippen molar-refractivity contribution in [2.75, 3.05) is 32.8 Å². The van der Waals surface area contributed by atoms with Crippen molar-refractivity contribution in [1.29, 1.82) is 0 Å². The molecule has 0 saturated heterocycles. The van der Waals surface area contributed by atoms with Crippen molar-refractivity contribution in [1.82, 2.24) is 10.2 Å². The maximum atomic E-state index is 12.4. The lowest BCUT2D eigenvalue weighted by atomic mass is 9.69. The number of carbonyl (C=O) groups is 1. The smallest absolute Gasteiger partial charge is 0.234 e. The van der Waals surface area contributed by atoms with E-state index in [1.165, 1.54) is 24.8 Å². The van der Waals surface area contributed by atoms with E-state index in [0.29, 0.717) is 13.1 Å². The van der Waals surface area contributed by atoms with Crippen molar-refractivity contribution in [2.45, 2.75) is 50.9 Å². The fourth-order valence-electron chi connectivity index (χ4n) is 3.84. The molecule has 4 nitrogen and oxygen atoms in total. The molecule has 2 N–H and O–H groups in total. The SMILES string of the molecule is CCCN(CCO)CC(=O)NCC1(c2ccccc2)CCCCC1. The van der Waals surface area contributed by atoms with Crippen molar-refractivity contribution in [3.05, 3.63) is 35.9 Å². The van der Waals surface area contributed by atoms with E-state index in [1.54, 1.807) is 0 Å². The Morgan fingerprint density at radius 3 is 2.50 bits per heavy atom. The maximum absolute atomic E-state index is 12.4. The van der Waals surface area contributed by atoms with Crippen LogP contribution in [-0.2, 0) is 10.2 Å². The van der Waals surface area contributed by atoms with Gasteiger partial charge in [0.1, 0.15) is 0 Å². The first-order chi connectivity index (χ1) is 11.7. The first-order valence-corrected chi connectivity index (χ1v) is 9.35. The zero-order chi connectivity index (χ0) is 17.3. The van der Waals surface area contributed by atoms with Gasteiger partial charge >= 0.3 is 0 Å². The molecule has 1 saturated carbocycles. The third kappa shape index (κ3) is 5.32. The summed E-state index contributed by atoms with van der Waals surface area (Å²) in [6, 6.07) is 10.6. The number of amides is 1. The number of aliphatic hydroxyl groups is 1. The standard InChI is InChI=1S/C20H32N2O2/c1-2-13-22(14-15-23)16-19(24)21-17-20(11-7-4-8-12-20)18-9-5-3-6-10-18/h3,5-6,9-10,23H,2,4,7-8,11-17H2,1H3,(H,21,24). The predicted molar refractivity (Wildman–Crippen MR) is 98.0 cm³/mol. The summed E-state index contributed by atoms with van der Waals surface area (Å²) in [7, 11) is 0. The van der Waals surface area contributed by atoms with Gasteiger partial charge in [0.15, 0.2) is 0 Å². The second-order valence-electron chi connectivity index (χ2n) is 6.98. The van der Waals surface area contributed by atoms with Gasteiger partial charge in [-0.05, 0) is 31.4 Å². The molecule has 2 rings (SSSR count). The Morgan fingerprint density at radius 2 is 1.88 bits per heavy atom. The van der Waals surface area contributed by atoms with Gasteiger partial charge in [-0.1, -0.05) is 56.5 Å². The highest BCUT2D eigenvalue weighted by Gasteiger charge is 2.34. The van der Waals surface area contributed by atoms with E-state index >= 15 is 0 Å². The first-order valence-electron chi connectivity index (χ1n) is 9.35. The summed E-state index contributed by atoms with van der Waals surface area (Å²) in [5.41, 5.74) is 1.44. The molecule has 0 spiro atoms. The van der Waals surface area contributed by atoms with Crippen LogP contribution in [0.4, 0.5) is 0 Å². The third-order valence-corrected chi connectivity index (χ3v) is 5.14. The van der Waals surface area contributed by atoms with Crippen LogP contribution >= 0.6 is 0 Å². The van der Waals surface area contributed by atoms with E-state index in [2.05, 4.69) is 42.6 Å². The number of nitrogens with one attached hydrogen (secondary N) is 1. The van der Waals surface area contributed by atoms with Crippen LogP contribution in [0, 0.1) is 0 Å². The topological polar surface area (TPSA) is 52.6 Å². The highest BCUT2D eigenvalue weighted by molar-refractivity contribution is 5.78. The van der Waals surface area contributed by atoms with Gasteiger partial charge in [0.05, 0.1) is 13.2 Å². The predicted octanol–water partition coefficient (Wildman–Crippen LogP) is 2.71. The Balaban J connectivity index is 1.96. The Kier molecular flexibility index (Phi) is 7.73. The molecule has 1 fully saturated rings. The monoisotopic (exact) mass is 332 g/mol. The number of rotatable bonds is 9. The van der Waals surface area contributed by atoms with Crippen LogP contribution in [0.15, 0.2) is 30.3 Å². The summed E-state index contributed by atoms with van der Waals surface area (Å²) < 4.78 is 0. The molecule has 0 aliphatic heterocycles. The van der Waals surface area contributed by atoms with E-state index in [9.17, 15) is 4.79 Å². The highest BCUT2D eigenvalue weighted by atomic mass is 16.3. The lowest BCUT2D eigenvalue weighted by Gasteiger charge is -2.38. The molecule has 0 bridgehead atoms. The summed E-state index contributed by atoms with van der Waals surface area (Å²) in [5.74, 6) is 0.0674. The van der Waals surface area contributed by atoms with Gasteiger partial charge in [-0.15, -0.1) is 0 Å². The van der Waals surface area contributed by atoms with Gasteiger partial charge in [0.2, 0.25) is 5.91 Å². The minimum absolute atomic E-state index is 0.0674. The molecule has 0 aromatic heterocycles. The zero-order valence-electron chi connectivity index (χ0n) is 15.0. The first kappa shape index (κ1) is 18.9. The quantitative estimate of drug-likeness (QED) is 0.731. The lowest BCUT2D eigenvalue weighted by Crippen LogP contribution is -2.46. The van der Waals surface area contributed by atoms with E-state index in [0.717, 1.165) is 32.4 Å². The summed E-state index contributed by atoms with van der Waals surface area (Å²) in [5, 5.41) is 12.3. The van der Waals surface area contributed by atoms with Gasteiger partial charge in [0, 0.05) is 18.5 Å². The van der Waals surface area contributed by atoms with Crippen LogP contribution in [0.5, 0.6) is 0 Å². The van der Waals surface area contributed by atoms with E-state index < -0.39 is 0 Å². The molecule has 134 valence electrons. The van der Waals surface area contributed by atoms with Gasteiger partial charge in [-0.2, -0.15) is 0 Å². The summed E-state index contributed by atoms with van der Waals surface area (Å²) >= 11 is 0. The number of hydrogen-bond donors (Lipinski definition) is 2. The Bertz CT molecular complexity index is 478. The van der Waals surface area contributed by atoms with Crippen LogP contribution in [-0.4, -0.2) is 48.7 Å². The molecule has 0 radical (unpaired) electrons. The summed E-state index contributed by atoms with van der Waals surface area (Å²) in [4.78, 5) is 14.4. The number of carbonyl (C=O) groups excluding carboxylic acids is 1. The summed E-state index contributed by atoms with van der Waals surface area (Å²) in [6.07, 6.45) is 7.04. The molecule has 0 atom stereocenters. The minimum atomic E-state index is 0.0674. The van der Waals surface area contributed by atoms with Crippen LogP contribution in [0.1, 0.15) is 51.0 Å². The Morgan fingerprint density at radius 1 is 1.17 bits per heavy atom. The lowest BCUT2D eigenvalue weighted by molar-refractivity contribution is -0.122. The van der Waals surface area contributed by atoms with Gasteiger partial charge in [-0.3, -0.25) is 9.69 Å². The van der Waals surface area contributed by atoms with Crippen LogP contribution in [0.2, 0.25) is 0 Å².